The van der Waals surface area contributed by atoms with Crippen LogP contribution >= 0.6 is 0 Å². The number of ether oxygens (including phenoxy) is 2. The number of hydrogen-bond donors (Lipinski definition) is 0. The van der Waals surface area contributed by atoms with Crippen LogP contribution in [0.1, 0.15) is 33.1 Å². The Morgan fingerprint density at radius 3 is 2.00 bits per heavy atom. The Balaban J connectivity index is 3.09. The molecule has 1 rings (SSSR count). The summed E-state index contributed by atoms with van der Waals surface area (Å²) in [6.07, 6.45) is 1.19. The predicted octanol–water partition coefficient (Wildman–Crippen LogP) is 1.34. The number of carbonyl (C=O) groups excluding carboxylic acids is 3. The average Bonchev–Trinajstić information content (AvgIpc) is 2.37. The van der Waals surface area contributed by atoms with E-state index in [9.17, 15) is 14.4 Å². The fourth-order valence-corrected chi connectivity index (χ4v) is 2.74. The molecule has 0 saturated heterocycles. The highest BCUT2D eigenvalue weighted by molar-refractivity contribution is 6.00. The van der Waals surface area contributed by atoms with Crippen molar-refractivity contribution in [3.63, 3.8) is 0 Å². The molecule has 0 aromatic rings. The van der Waals surface area contributed by atoms with Gasteiger partial charge in [-0.1, -0.05) is 6.92 Å². The van der Waals surface area contributed by atoms with Gasteiger partial charge in [0, 0.05) is 5.92 Å². The van der Waals surface area contributed by atoms with Gasteiger partial charge in [0.05, 0.1) is 14.2 Å². The van der Waals surface area contributed by atoms with Crippen LogP contribution in [-0.4, -0.2) is 31.9 Å². The molecule has 1 aliphatic carbocycles. The first kappa shape index (κ1) is 14.7. The molecule has 0 bridgehead atoms. The van der Waals surface area contributed by atoms with Gasteiger partial charge in [-0.05, 0) is 32.1 Å². The van der Waals surface area contributed by atoms with Crippen LogP contribution in [0.3, 0.4) is 0 Å². The zero-order chi connectivity index (χ0) is 13.9. The lowest BCUT2D eigenvalue weighted by Crippen LogP contribution is -2.47. The van der Waals surface area contributed by atoms with Crippen molar-refractivity contribution >= 4 is 17.7 Å². The van der Waals surface area contributed by atoms with Gasteiger partial charge in [-0.25, -0.2) is 0 Å². The Kier molecular flexibility index (Phi) is 4.48. The summed E-state index contributed by atoms with van der Waals surface area (Å²) in [5.74, 6) is -1.33. The van der Waals surface area contributed by atoms with Crippen LogP contribution in [-0.2, 0) is 23.9 Å². The van der Waals surface area contributed by atoms with Gasteiger partial charge in [-0.2, -0.15) is 0 Å². The molecule has 5 heteroatoms. The van der Waals surface area contributed by atoms with E-state index < -0.39 is 17.4 Å². The van der Waals surface area contributed by atoms with Crippen molar-refractivity contribution in [2.45, 2.75) is 33.1 Å². The summed E-state index contributed by atoms with van der Waals surface area (Å²) in [5, 5.41) is 0. The Morgan fingerprint density at radius 2 is 1.61 bits per heavy atom. The van der Waals surface area contributed by atoms with E-state index in [-0.39, 0.29) is 24.0 Å². The second-order valence-electron chi connectivity index (χ2n) is 5.00. The number of hydrogen-bond acceptors (Lipinski definition) is 5. The molecule has 1 fully saturated rings. The van der Waals surface area contributed by atoms with Gasteiger partial charge in [0.1, 0.15) is 5.78 Å². The van der Waals surface area contributed by atoms with E-state index in [0.717, 1.165) is 0 Å². The third-order valence-electron chi connectivity index (χ3n) is 3.96. The number of carbonyl (C=O) groups is 3. The van der Waals surface area contributed by atoms with Crippen LogP contribution in [0.4, 0.5) is 0 Å². The van der Waals surface area contributed by atoms with Gasteiger partial charge in [0.2, 0.25) is 0 Å². The number of Topliss-reactive ketones (excluding diaryl/α,β-unsaturated/α-hetero) is 1. The minimum atomic E-state index is -1.31. The van der Waals surface area contributed by atoms with E-state index in [1.807, 2.05) is 6.92 Å². The Bertz CT molecular complexity index is 344. The van der Waals surface area contributed by atoms with Gasteiger partial charge in [0.25, 0.3) is 0 Å². The second-order valence-corrected chi connectivity index (χ2v) is 5.00. The molecule has 2 atom stereocenters. The first-order chi connectivity index (χ1) is 8.39. The molecular weight excluding hydrogens is 236 g/mol. The van der Waals surface area contributed by atoms with Crippen LogP contribution < -0.4 is 0 Å². The standard InChI is InChI=1S/C13H20O5/c1-8-5-6-13(11(15)17-3,12(16)18-4)7-10(8)9(2)14/h8,10H,5-7H2,1-4H3/t8-,10-/m1/s1. The molecule has 102 valence electrons. The highest BCUT2D eigenvalue weighted by Crippen LogP contribution is 2.44. The lowest BCUT2D eigenvalue weighted by molar-refractivity contribution is -0.174. The van der Waals surface area contributed by atoms with Gasteiger partial charge >= 0.3 is 11.9 Å². The first-order valence-electron chi connectivity index (χ1n) is 6.06. The quantitative estimate of drug-likeness (QED) is 0.563. The molecular formula is C13H20O5. The average molecular weight is 256 g/mol. The van der Waals surface area contributed by atoms with E-state index in [1.54, 1.807) is 0 Å². The summed E-state index contributed by atoms with van der Waals surface area (Å²) in [5.41, 5.74) is -1.31. The first-order valence-corrected chi connectivity index (χ1v) is 6.06. The summed E-state index contributed by atoms with van der Waals surface area (Å²) in [4.78, 5) is 35.5. The Hall–Kier alpha value is -1.39. The predicted molar refractivity (Wildman–Crippen MR) is 63.7 cm³/mol. The molecule has 0 N–H and O–H groups in total. The molecule has 0 spiro atoms. The molecule has 0 aliphatic heterocycles. The lowest BCUT2D eigenvalue weighted by atomic mass is 9.64. The highest BCUT2D eigenvalue weighted by atomic mass is 16.5. The van der Waals surface area contributed by atoms with E-state index >= 15 is 0 Å². The number of ketones is 1. The van der Waals surface area contributed by atoms with Crippen molar-refractivity contribution in [2.75, 3.05) is 14.2 Å². The van der Waals surface area contributed by atoms with Gasteiger partial charge in [-0.15, -0.1) is 0 Å². The summed E-state index contributed by atoms with van der Waals surface area (Å²) in [6, 6.07) is 0. The van der Waals surface area contributed by atoms with Crippen molar-refractivity contribution in [2.24, 2.45) is 17.3 Å². The maximum absolute atomic E-state index is 11.9. The molecule has 18 heavy (non-hydrogen) atoms. The van der Waals surface area contributed by atoms with Crippen molar-refractivity contribution in [3.8, 4) is 0 Å². The van der Waals surface area contributed by atoms with Crippen molar-refractivity contribution in [1.29, 1.82) is 0 Å². The molecule has 0 heterocycles. The zero-order valence-corrected chi connectivity index (χ0v) is 11.3. The third kappa shape index (κ3) is 2.40. The normalized spacial score (nSPS) is 26.2. The Morgan fingerprint density at radius 1 is 1.11 bits per heavy atom. The molecule has 0 radical (unpaired) electrons. The summed E-state index contributed by atoms with van der Waals surface area (Å²) in [7, 11) is 2.49. The highest BCUT2D eigenvalue weighted by Gasteiger charge is 2.53. The molecule has 0 unspecified atom stereocenters. The molecule has 1 saturated carbocycles. The van der Waals surface area contributed by atoms with Crippen molar-refractivity contribution in [3.05, 3.63) is 0 Å². The van der Waals surface area contributed by atoms with Crippen LogP contribution in [0, 0.1) is 17.3 Å². The fourth-order valence-electron chi connectivity index (χ4n) is 2.74. The number of rotatable bonds is 3. The van der Waals surface area contributed by atoms with E-state index in [1.165, 1.54) is 21.1 Å². The van der Waals surface area contributed by atoms with Crippen LogP contribution in [0.5, 0.6) is 0 Å². The fraction of sp³-hybridized carbons (Fsp3) is 0.769. The van der Waals surface area contributed by atoms with E-state index in [4.69, 9.17) is 9.47 Å². The van der Waals surface area contributed by atoms with E-state index in [2.05, 4.69) is 0 Å². The minimum absolute atomic E-state index is 0.000573. The number of methoxy groups -OCH3 is 2. The van der Waals surface area contributed by atoms with Gasteiger partial charge in [0.15, 0.2) is 5.41 Å². The topological polar surface area (TPSA) is 69.7 Å². The smallest absolute Gasteiger partial charge is 0.323 e. The Labute approximate surface area is 107 Å². The molecule has 0 aromatic heterocycles. The summed E-state index contributed by atoms with van der Waals surface area (Å²) >= 11 is 0. The largest absolute Gasteiger partial charge is 0.468 e. The maximum atomic E-state index is 11.9. The maximum Gasteiger partial charge on any atom is 0.323 e. The van der Waals surface area contributed by atoms with Crippen LogP contribution in [0.15, 0.2) is 0 Å². The molecule has 1 aliphatic rings. The second kappa shape index (κ2) is 5.50. The van der Waals surface area contributed by atoms with Crippen molar-refractivity contribution < 1.29 is 23.9 Å². The molecule has 5 nitrogen and oxygen atoms in total. The summed E-state index contributed by atoms with van der Waals surface area (Å²) in [6.45, 7) is 3.45. The summed E-state index contributed by atoms with van der Waals surface area (Å²) < 4.78 is 9.46. The van der Waals surface area contributed by atoms with Crippen LogP contribution in [0.25, 0.3) is 0 Å². The monoisotopic (exact) mass is 256 g/mol. The SMILES string of the molecule is COC(=O)C1(C(=O)OC)CC[C@@H](C)[C@H](C(C)=O)C1. The number of esters is 2. The molecule has 0 aromatic carbocycles. The van der Waals surface area contributed by atoms with Crippen LogP contribution in [0.2, 0.25) is 0 Å². The van der Waals surface area contributed by atoms with Crippen molar-refractivity contribution in [1.82, 2.24) is 0 Å². The van der Waals surface area contributed by atoms with Gasteiger partial charge < -0.3 is 9.47 Å². The molecule has 0 amide bonds. The third-order valence-corrected chi connectivity index (χ3v) is 3.96. The van der Waals surface area contributed by atoms with Gasteiger partial charge in [-0.3, -0.25) is 14.4 Å². The minimum Gasteiger partial charge on any atom is -0.468 e. The lowest BCUT2D eigenvalue weighted by Gasteiger charge is -2.38. The zero-order valence-electron chi connectivity index (χ0n) is 11.3. The van der Waals surface area contributed by atoms with E-state index in [0.29, 0.717) is 12.8 Å².